The highest BCUT2D eigenvalue weighted by atomic mass is 127. The summed E-state index contributed by atoms with van der Waals surface area (Å²) in [7, 11) is 4.33. The van der Waals surface area contributed by atoms with Crippen molar-refractivity contribution < 1.29 is 4.74 Å². The zero-order chi connectivity index (χ0) is 19.1. The number of hydrogen-bond donors (Lipinski definition) is 2. The van der Waals surface area contributed by atoms with Gasteiger partial charge in [-0.15, -0.1) is 24.0 Å². The Morgan fingerprint density at radius 2 is 1.96 bits per heavy atom. The monoisotopic (exact) mass is 501 g/mol. The Kier molecular flexibility index (Phi) is 9.30. The Morgan fingerprint density at radius 3 is 2.61 bits per heavy atom. The van der Waals surface area contributed by atoms with E-state index in [2.05, 4.69) is 71.8 Å². The summed E-state index contributed by atoms with van der Waals surface area (Å²) in [6.45, 7) is 7.55. The second-order valence-corrected chi connectivity index (χ2v) is 7.84. The van der Waals surface area contributed by atoms with E-state index in [1.165, 1.54) is 5.69 Å². The summed E-state index contributed by atoms with van der Waals surface area (Å²) in [6.07, 6.45) is 3.20. The molecule has 1 atom stereocenters. The summed E-state index contributed by atoms with van der Waals surface area (Å²) in [4.78, 5) is 9.74. The summed E-state index contributed by atoms with van der Waals surface area (Å²) in [5.74, 6) is 0.935. The van der Waals surface area contributed by atoms with Gasteiger partial charge in [-0.2, -0.15) is 0 Å². The van der Waals surface area contributed by atoms with E-state index in [0.29, 0.717) is 6.04 Å². The number of likely N-dealkylation sites (N-methyl/N-ethyl adjacent to an activating group) is 1. The number of halogens is 1. The lowest BCUT2D eigenvalue weighted by atomic mass is 9.89. The number of para-hydroxylation sites is 1. The van der Waals surface area contributed by atoms with E-state index in [1.54, 1.807) is 0 Å². The van der Waals surface area contributed by atoms with Gasteiger partial charge in [-0.1, -0.05) is 18.2 Å². The van der Waals surface area contributed by atoms with Gasteiger partial charge in [-0.25, -0.2) is 0 Å². The lowest BCUT2D eigenvalue weighted by Gasteiger charge is -2.41. The molecule has 0 radical (unpaired) electrons. The third-order valence-electron chi connectivity index (χ3n) is 5.90. The highest BCUT2D eigenvalue weighted by molar-refractivity contribution is 14.0. The lowest BCUT2D eigenvalue weighted by Crippen LogP contribution is -2.52. The molecule has 2 N–H and O–H groups in total. The molecule has 2 heterocycles. The maximum absolute atomic E-state index is 5.58. The molecule has 0 bridgehead atoms. The van der Waals surface area contributed by atoms with Gasteiger partial charge in [-0.3, -0.25) is 4.99 Å². The van der Waals surface area contributed by atoms with Crippen LogP contribution in [0.5, 0.6) is 0 Å². The molecule has 2 aliphatic heterocycles. The molecule has 6 nitrogen and oxygen atoms in total. The van der Waals surface area contributed by atoms with Crippen molar-refractivity contribution in [3.8, 4) is 0 Å². The number of ether oxygens (including phenoxy) is 1. The van der Waals surface area contributed by atoms with Crippen molar-refractivity contribution in [2.24, 2.45) is 4.99 Å². The predicted octanol–water partition coefficient (Wildman–Crippen LogP) is 2.55. The number of hydrogen-bond acceptors (Lipinski definition) is 4. The van der Waals surface area contributed by atoms with Gasteiger partial charge in [0.05, 0.1) is 6.54 Å². The molecule has 7 heteroatoms. The van der Waals surface area contributed by atoms with Crippen LogP contribution in [0, 0.1) is 0 Å². The topological polar surface area (TPSA) is 52.1 Å². The molecule has 0 spiro atoms. The minimum Gasteiger partial charge on any atom is -0.381 e. The quantitative estimate of drug-likeness (QED) is 0.357. The van der Waals surface area contributed by atoms with Gasteiger partial charge in [0.1, 0.15) is 0 Å². The maximum Gasteiger partial charge on any atom is 0.191 e. The first-order chi connectivity index (χ1) is 13.1. The number of benzene rings is 1. The first-order valence-corrected chi connectivity index (χ1v) is 10.2. The van der Waals surface area contributed by atoms with Crippen LogP contribution in [-0.2, 0) is 4.74 Å². The Hall–Kier alpha value is -1.06. The fraction of sp³-hybridized carbons (Fsp3) is 0.667. The molecule has 0 saturated carbocycles. The minimum atomic E-state index is 0. The Morgan fingerprint density at radius 1 is 1.25 bits per heavy atom. The van der Waals surface area contributed by atoms with Crippen molar-refractivity contribution in [1.29, 1.82) is 0 Å². The van der Waals surface area contributed by atoms with Crippen LogP contribution in [0.25, 0.3) is 0 Å². The standard InChI is InChI=1S/C21H35N5O.HI/c1-4-22-20(23-17-21(25(2)3)11-14-27-15-12-21)24-18-10-13-26(16-18)19-8-6-5-7-9-19;/h5-9,18H,4,10-17H2,1-3H3,(H2,22,23,24);1H. The molecule has 2 fully saturated rings. The van der Waals surface area contributed by atoms with Crippen molar-refractivity contribution in [3.63, 3.8) is 0 Å². The van der Waals surface area contributed by atoms with Crippen molar-refractivity contribution in [2.75, 3.05) is 58.4 Å². The summed E-state index contributed by atoms with van der Waals surface area (Å²) in [5.41, 5.74) is 1.41. The van der Waals surface area contributed by atoms with Crippen molar-refractivity contribution in [2.45, 2.75) is 37.8 Å². The van der Waals surface area contributed by atoms with Gasteiger partial charge < -0.3 is 25.2 Å². The molecule has 1 unspecified atom stereocenters. The van der Waals surface area contributed by atoms with E-state index < -0.39 is 0 Å². The van der Waals surface area contributed by atoms with E-state index in [9.17, 15) is 0 Å². The second kappa shape index (κ2) is 11.2. The lowest BCUT2D eigenvalue weighted by molar-refractivity contribution is -0.00255. The summed E-state index contributed by atoms with van der Waals surface area (Å²) in [5, 5.41) is 7.09. The van der Waals surface area contributed by atoms with Gasteiger partial charge >= 0.3 is 0 Å². The van der Waals surface area contributed by atoms with Crippen LogP contribution in [0.15, 0.2) is 35.3 Å². The normalized spacial score (nSPS) is 22.1. The molecule has 3 rings (SSSR count). The molecule has 2 aliphatic rings. The average Bonchev–Trinajstić information content (AvgIpc) is 3.16. The van der Waals surface area contributed by atoms with Crippen LogP contribution in [0.3, 0.4) is 0 Å². The largest absolute Gasteiger partial charge is 0.381 e. The van der Waals surface area contributed by atoms with Crippen molar-refractivity contribution in [3.05, 3.63) is 30.3 Å². The summed E-state index contributed by atoms with van der Waals surface area (Å²) in [6, 6.07) is 11.1. The molecule has 1 aromatic carbocycles. The van der Waals surface area contributed by atoms with E-state index >= 15 is 0 Å². The summed E-state index contributed by atoms with van der Waals surface area (Å²) < 4.78 is 5.58. The fourth-order valence-electron chi connectivity index (χ4n) is 3.99. The zero-order valence-electron chi connectivity index (χ0n) is 17.5. The van der Waals surface area contributed by atoms with Crippen LogP contribution < -0.4 is 15.5 Å². The van der Waals surface area contributed by atoms with E-state index in [4.69, 9.17) is 9.73 Å². The first kappa shape index (κ1) is 23.2. The number of guanidine groups is 1. The molecular formula is C21H36IN5O. The van der Waals surface area contributed by atoms with Gasteiger partial charge in [0.2, 0.25) is 0 Å². The van der Waals surface area contributed by atoms with E-state index in [1.807, 2.05) is 0 Å². The van der Waals surface area contributed by atoms with Crippen LogP contribution in [0.1, 0.15) is 26.2 Å². The number of nitrogens with zero attached hydrogens (tertiary/aromatic N) is 3. The van der Waals surface area contributed by atoms with Crippen molar-refractivity contribution in [1.82, 2.24) is 15.5 Å². The Balaban J connectivity index is 0.00000280. The minimum absolute atomic E-state index is 0. The molecule has 0 aromatic heterocycles. The third-order valence-corrected chi connectivity index (χ3v) is 5.90. The highest BCUT2D eigenvalue weighted by Gasteiger charge is 2.35. The van der Waals surface area contributed by atoms with Gasteiger partial charge in [0.25, 0.3) is 0 Å². The van der Waals surface area contributed by atoms with E-state index in [0.717, 1.165) is 64.6 Å². The number of aliphatic imine (C=N–C) groups is 1. The van der Waals surface area contributed by atoms with E-state index in [-0.39, 0.29) is 29.5 Å². The highest BCUT2D eigenvalue weighted by Crippen LogP contribution is 2.26. The Labute approximate surface area is 187 Å². The van der Waals surface area contributed by atoms with Gasteiger partial charge in [0.15, 0.2) is 5.96 Å². The number of rotatable bonds is 6. The molecule has 1 aromatic rings. The molecule has 2 saturated heterocycles. The first-order valence-electron chi connectivity index (χ1n) is 10.2. The van der Waals surface area contributed by atoms with Crippen LogP contribution in [0.4, 0.5) is 5.69 Å². The summed E-state index contributed by atoms with van der Waals surface area (Å²) >= 11 is 0. The number of nitrogens with one attached hydrogen (secondary N) is 2. The SMILES string of the molecule is CCNC(=NCC1(N(C)C)CCOCC1)NC1CCN(c2ccccc2)C1.I. The van der Waals surface area contributed by atoms with Crippen LogP contribution in [-0.4, -0.2) is 75.9 Å². The third kappa shape index (κ3) is 5.97. The molecule has 0 aliphatic carbocycles. The average molecular weight is 501 g/mol. The van der Waals surface area contributed by atoms with Gasteiger partial charge in [0, 0.05) is 50.1 Å². The molecular weight excluding hydrogens is 465 g/mol. The maximum atomic E-state index is 5.58. The van der Waals surface area contributed by atoms with Crippen LogP contribution in [0.2, 0.25) is 0 Å². The number of anilines is 1. The van der Waals surface area contributed by atoms with Gasteiger partial charge in [-0.05, 0) is 52.4 Å². The molecule has 0 amide bonds. The second-order valence-electron chi connectivity index (χ2n) is 7.84. The van der Waals surface area contributed by atoms with Crippen molar-refractivity contribution >= 4 is 35.6 Å². The fourth-order valence-corrected chi connectivity index (χ4v) is 3.99. The molecule has 28 heavy (non-hydrogen) atoms. The Bertz CT molecular complexity index is 604. The zero-order valence-corrected chi connectivity index (χ0v) is 19.8. The molecule has 158 valence electrons. The van der Waals surface area contributed by atoms with Crippen LogP contribution >= 0.6 is 24.0 Å². The smallest absolute Gasteiger partial charge is 0.191 e. The predicted molar refractivity (Wildman–Crippen MR) is 128 cm³/mol.